The first-order valence-corrected chi connectivity index (χ1v) is 8.50. The van der Waals surface area contributed by atoms with E-state index in [-0.39, 0.29) is 5.56 Å². The Kier molecular flexibility index (Phi) is 4.31. The van der Waals surface area contributed by atoms with Crippen LogP contribution in [0.25, 0.3) is 0 Å². The van der Waals surface area contributed by atoms with Gasteiger partial charge in [0.25, 0.3) is 5.56 Å². The minimum Gasteiger partial charge on any atom is -0.350 e. The zero-order valence-corrected chi connectivity index (χ0v) is 12.7. The molecule has 1 N–H and O–H groups in total. The molecule has 2 saturated heterocycles. The van der Waals surface area contributed by atoms with E-state index in [4.69, 9.17) is 0 Å². The smallest absolute Gasteiger partial charge is 0.293 e. The molecule has 1 aromatic rings. The lowest BCUT2D eigenvalue weighted by Gasteiger charge is -2.35. The SMILES string of the molecule is Cn1ccnc(N2CCC[C@H](N[C@@H]3CCSC3)C2)c1=O. The van der Waals surface area contributed by atoms with Gasteiger partial charge in [-0.2, -0.15) is 11.8 Å². The van der Waals surface area contributed by atoms with Gasteiger partial charge >= 0.3 is 0 Å². The van der Waals surface area contributed by atoms with Crippen molar-refractivity contribution in [3.05, 3.63) is 22.7 Å². The molecule has 2 atom stereocenters. The van der Waals surface area contributed by atoms with Gasteiger partial charge in [-0.1, -0.05) is 0 Å². The van der Waals surface area contributed by atoms with E-state index in [0.29, 0.717) is 17.9 Å². The van der Waals surface area contributed by atoms with Gasteiger partial charge in [0.15, 0.2) is 5.82 Å². The average molecular weight is 294 g/mol. The summed E-state index contributed by atoms with van der Waals surface area (Å²) in [5.41, 5.74) is 0.00423. The van der Waals surface area contributed by atoms with Gasteiger partial charge in [0, 0.05) is 50.4 Å². The molecule has 0 radical (unpaired) electrons. The van der Waals surface area contributed by atoms with E-state index >= 15 is 0 Å². The first-order chi connectivity index (χ1) is 9.74. The number of anilines is 1. The lowest BCUT2D eigenvalue weighted by Crippen LogP contribution is -2.50. The molecule has 0 aliphatic carbocycles. The maximum absolute atomic E-state index is 12.2. The molecule has 0 bridgehead atoms. The third kappa shape index (κ3) is 3.01. The van der Waals surface area contributed by atoms with Crippen molar-refractivity contribution in [2.24, 2.45) is 7.05 Å². The van der Waals surface area contributed by atoms with Crippen LogP contribution in [0.15, 0.2) is 17.2 Å². The Morgan fingerprint density at radius 2 is 2.30 bits per heavy atom. The topological polar surface area (TPSA) is 50.2 Å². The molecule has 2 aliphatic heterocycles. The van der Waals surface area contributed by atoms with Crippen molar-refractivity contribution < 1.29 is 0 Å². The molecular weight excluding hydrogens is 272 g/mol. The summed E-state index contributed by atoms with van der Waals surface area (Å²) in [6.45, 7) is 1.83. The van der Waals surface area contributed by atoms with Crippen LogP contribution in [0.2, 0.25) is 0 Å². The average Bonchev–Trinajstić information content (AvgIpc) is 2.95. The fourth-order valence-corrected chi connectivity index (χ4v) is 4.17. The van der Waals surface area contributed by atoms with Crippen LogP contribution in [-0.4, -0.2) is 46.2 Å². The van der Waals surface area contributed by atoms with Gasteiger partial charge in [-0.05, 0) is 25.0 Å². The van der Waals surface area contributed by atoms with Crippen LogP contribution >= 0.6 is 11.8 Å². The van der Waals surface area contributed by atoms with Crippen LogP contribution in [0.5, 0.6) is 0 Å². The maximum Gasteiger partial charge on any atom is 0.293 e. The molecule has 2 aliphatic rings. The number of hydrogen-bond donors (Lipinski definition) is 1. The van der Waals surface area contributed by atoms with Crippen LogP contribution in [0.1, 0.15) is 19.3 Å². The van der Waals surface area contributed by atoms with Crippen molar-refractivity contribution in [3.8, 4) is 0 Å². The standard InChI is InChI=1S/C14H22N4OS/c1-17-7-5-15-13(14(17)19)18-6-2-3-11(9-18)16-12-4-8-20-10-12/h5,7,11-12,16H,2-4,6,8-10H2,1H3/t11-,12+/m0/s1. The van der Waals surface area contributed by atoms with E-state index in [1.807, 2.05) is 11.8 Å². The number of nitrogens with zero attached hydrogens (tertiary/aromatic N) is 3. The Hall–Kier alpha value is -1.01. The second kappa shape index (κ2) is 6.18. The summed E-state index contributed by atoms with van der Waals surface area (Å²) in [5.74, 6) is 3.10. The van der Waals surface area contributed by atoms with E-state index in [9.17, 15) is 4.79 Å². The lowest BCUT2D eigenvalue weighted by molar-refractivity contribution is 0.385. The highest BCUT2D eigenvalue weighted by molar-refractivity contribution is 7.99. The zero-order chi connectivity index (χ0) is 13.9. The Morgan fingerprint density at radius 1 is 1.40 bits per heavy atom. The number of piperidine rings is 1. The van der Waals surface area contributed by atoms with E-state index in [2.05, 4.69) is 15.2 Å². The Bertz CT molecular complexity index is 512. The number of aromatic nitrogens is 2. The van der Waals surface area contributed by atoms with Crippen molar-refractivity contribution in [1.29, 1.82) is 0 Å². The number of hydrogen-bond acceptors (Lipinski definition) is 5. The predicted molar refractivity (Wildman–Crippen MR) is 83.6 cm³/mol. The summed E-state index contributed by atoms with van der Waals surface area (Å²) in [6.07, 6.45) is 7.01. The molecule has 3 heterocycles. The highest BCUT2D eigenvalue weighted by Gasteiger charge is 2.26. The number of thioether (sulfide) groups is 1. The molecule has 0 spiro atoms. The molecule has 0 aromatic carbocycles. The lowest BCUT2D eigenvalue weighted by atomic mass is 10.0. The minimum atomic E-state index is 0.00423. The second-order valence-corrected chi connectivity index (χ2v) is 6.83. The van der Waals surface area contributed by atoms with Gasteiger partial charge in [0.05, 0.1) is 0 Å². The van der Waals surface area contributed by atoms with E-state index in [1.54, 1.807) is 24.0 Å². The molecule has 20 heavy (non-hydrogen) atoms. The monoisotopic (exact) mass is 294 g/mol. The van der Waals surface area contributed by atoms with Crippen molar-refractivity contribution >= 4 is 17.6 Å². The zero-order valence-electron chi connectivity index (χ0n) is 11.9. The minimum absolute atomic E-state index is 0.00423. The molecule has 110 valence electrons. The summed E-state index contributed by atoms with van der Waals surface area (Å²) >= 11 is 2.03. The first kappa shape index (κ1) is 13.9. The number of rotatable bonds is 3. The van der Waals surface area contributed by atoms with E-state index < -0.39 is 0 Å². The van der Waals surface area contributed by atoms with Gasteiger partial charge in [-0.15, -0.1) is 0 Å². The summed E-state index contributed by atoms with van der Waals surface area (Å²) in [6, 6.07) is 1.13. The molecule has 0 saturated carbocycles. The Morgan fingerprint density at radius 3 is 3.10 bits per heavy atom. The molecule has 6 heteroatoms. The fourth-order valence-electron chi connectivity index (χ4n) is 3.01. The molecular formula is C14H22N4OS. The van der Waals surface area contributed by atoms with E-state index in [0.717, 1.165) is 19.5 Å². The predicted octanol–water partition coefficient (Wildman–Crippen LogP) is 0.844. The number of nitrogens with one attached hydrogen (secondary N) is 1. The van der Waals surface area contributed by atoms with Crippen LogP contribution in [0.4, 0.5) is 5.82 Å². The van der Waals surface area contributed by atoms with Gasteiger partial charge in [-0.3, -0.25) is 4.79 Å². The quantitative estimate of drug-likeness (QED) is 0.895. The van der Waals surface area contributed by atoms with Crippen LogP contribution in [0.3, 0.4) is 0 Å². The van der Waals surface area contributed by atoms with Crippen molar-refractivity contribution in [1.82, 2.24) is 14.9 Å². The molecule has 1 aromatic heterocycles. The number of aryl methyl sites for hydroxylation is 1. The van der Waals surface area contributed by atoms with Crippen molar-refractivity contribution in [2.45, 2.75) is 31.3 Å². The Balaban J connectivity index is 1.68. The third-order valence-corrected chi connectivity index (χ3v) is 5.28. The Labute approximate surface area is 123 Å². The molecule has 0 amide bonds. The molecule has 5 nitrogen and oxygen atoms in total. The van der Waals surface area contributed by atoms with Crippen molar-refractivity contribution in [2.75, 3.05) is 29.5 Å². The highest BCUT2D eigenvalue weighted by Crippen LogP contribution is 2.20. The van der Waals surface area contributed by atoms with Crippen LogP contribution in [0, 0.1) is 0 Å². The van der Waals surface area contributed by atoms with Gasteiger partial charge in [0.2, 0.25) is 0 Å². The first-order valence-electron chi connectivity index (χ1n) is 7.34. The molecule has 0 unspecified atom stereocenters. The molecule has 3 rings (SSSR count). The van der Waals surface area contributed by atoms with Crippen LogP contribution < -0.4 is 15.8 Å². The molecule has 2 fully saturated rings. The maximum atomic E-state index is 12.2. The summed E-state index contributed by atoms with van der Waals surface area (Å²) in [5, 5.41) is 3.75. The second-order valence-electron chi connectivity index (χ2n) is 5.68. The van der Waals surface area contributed by atoms with Crippen LogP contribution in [-0.2, 0) is 7.05 Å². The summed E-state index contributed by atoms with van der Waals surface area (Å²) in [7, 11) is 1.78. The summed E-state index contributed by atoms with van der Waals surface area (Å²) < 4.78 is 1.60. The van der Waals surface area contributed by atoms with Gasteiger partial charge in [0.1, 0.15) is 0 Å². The van der Waals surface area contributed by atoms with Gasteiger partial charge < -0.3 is 14.8 Å². The summed E-state index contributed by atoms with van der Waals surface area (Å²) in [4.78, 5) is 18.6. The third-order valence-electron chi connectivity index (χ3n) is 4.12. The van der Waals surface area contributed by atoms with Gasteiger partial charge in [-0.25, -0.2) is 4.98 Å². The fraction of sp³-hybridized carbons (Fsp3) is 0.714. The normalized spacial score (nSPS) is 26.9. The van der Waals surface area contributed by atoms with Crippen molar-refractivity contribution in [3.63, 3.8) is 0 Å². The van der Waals surface area contributed by atoms with E-state index in [1.165, 1.54) is 24.3 Å². The largest absolute Gasteiger partial charge is 0.350 e. The highest BCUT2D eigenvalue weighted by atomic mass is 32.2.